The number of esters is 1. The summed E-state index contributed by atoms with van der Waals surface area (Å²) in [5.41, 5.74) is 6.23. The Hall–Kier alpha value is -4.29. The van der Waals surface area contributed by atoms with Crippen LogP contribution in [0.2, 0.25) is 5.02 Å². The molecule has 11 nitrogen and oxygen atoms in total. The van der Waals surface area contributed by atoms with Gasteiger partial charge in [-0.3, -0.25) is 14.2 Å². The number of methoxy groups -OCH3 is 3. The number of nitrogens with two attached hydrogens (primary N) is 1. The molecule has 0 spiro atoms. The highest BCUT2D eigenvalue weighted by atomic mass is 35.5. The number of carbonyl (C=O) groups is 2. The number of amides is 1. The molecule has 1 aromatic heterocycles. The number of primary amides is 1. The molecule has 3 N–H and O–H groups in total. The third kappa shape index (κ3) is 5.33. The number of phenols is 1. The van der Waals surface area contributed by atoms with Crippen LogP contribution in [0.4, 0.5) is 0 Å². The number of thiazole rings is 1. The first-order valence-corrected chi connectivity index (χ1v) is 12.5. The average molecular weight is 574 g/mol. The average Bonchev–Trinajstić information content (AvgIpc) is 3.21. The summed E-state index contributed by atoms with van der Waals surface area (Å²) < 4.78 is 22.6. The minimum Gasteiger partial charge on any atom is -0.503 e. The highest BCUT2D eigenvalue weighted by Crippen LogP contribution is 2.40. The molecule has 0 bridgehead atoms. The minimum atomic E-state index is -0.965. The van der Waals surface area contributed by atoms with Gasteiger partial charge in [0.25, 0.3) is 11.5 Å². The second kappa shape index (κ2) is 11.2. The van der Waals surface area contributed by atoms with E-state index in [0.717, 1.165) is 11.3 Å². The van der Waals surface area contributed by atoms with E-state index in [1.54, 1.807) is 31.2 Å². The van der Waals surface area contributed by atoms with Crippen molar-refractivity contribution >= 4 is 40.9 Å². The first kappa shape index (κ1) is 27.7. The number of rotatable bonds is 8. The number of carbonyl (C=O) groups excluding carboxylic acids is 2. The van der Waals surface area contributed by atoms with Gasteiger partial charge in [-0.25, -0.2) is 9.79 Å². The van der Waals surface area contributed by atoms with Gasteiger partial charge >= 0.3 is 5.97 Å². The predicted octanol–water partition coefficient (Wildman–Crippen LogP) is 1.65. The maximum absolute atomic E-state index is 13.8. The topological polar surface area (TPSA) is 152 Å². The van der Waals surface area contributed by atoms with Crippen LogP contribution in [0.25, 0.3) is 6.08 Å². The number of hydrogen-bond donors (Lipinski definition) is 2. The smallest absolute Gasteiger partial charge is 0.338 e. The number of allylic oxidation sites excluding steroid dienone is 1. The number of aromatic nitrogens is 1. The Bertz CT molecular complexity index is 1690. The number of hydrogen-bond acceptors (Lipinski definition) is 10. The number of nitrogens with zero attached hydrogens (tertiary/aromatic N) is 2. The van der Waals surface area contributed by atoms with E-state index < -0.39 is 23.5 Å². The van der Waals surface area contributed by atoms with Crippen LogP contribution in [0.15, 0.2) is 51.4 Å². The second-order valence-corrected chi connectivity index (χ2v) is 9.71. The van der Waals surface area contributed by atoms with Crippen molar-refractivity contribution in [3.05, 3.63) is 77.4 Å². The van der Waals surface area contributed by atoms with Gasteiger partial charge < -0.3 is 29.8 Å². The van der Waals surface area contributed by atoms with Gasteiger partial charge in [0.15, 0.2) is 34.4 Å². The molecule has 3 aromatic rings. The molecule has 0 radical (unpaired) electrons. The van der Waals surface area contributed by atoms with Crippen molar-refractivity contribution in [2.75, 3.05) is 27.9 Å². The molecule has 1 aliphatic rings. The summed E-state index contributed by atoms with van der Waals surface area (Å²) in [6.07, 6.45) is 1.62. The highest BCUT2D eigenvalue weighted by Gasteiger charge is 2.34. The van der Waals surface area contributed by atoms with E-state index in [9.17, 15) is 19.5 Å². The largest absolute Gasteiger partial charge is 0.503 e. The van der Waals surface area contributed by atoms with Crippen LogP contribution < -0.4 is 34.8 Å². The molecule has 1 atom stereocenters. The lowest BCUT2D eigenvalue weighted by Gasteiger charge is -2.25. The monoisotopic (exact) mass is 573 g/mol. The number of phenolic OH excluding ortho intramolecular Hbond substituents is 1. The molecule has 0 saturated carbocycles. The lowest BCUT2D eigenvalue weighted by molar-refractivity contribution is -0.136. The Morgan fingerprint density at radius 3 is 2.51 bits per heavy atom. The SMILES string of the molecule is COC(=O)C1=C(C)N=c2s/c(=C\c3ccc(OC)c(OCC(N)=O)c3)c(=O)n2C1c1cc(Cl)c(O)c(OC)c1. The molecule has 1 amide bonds. The van der Waals surface area contributed by atoms with Crippen LogP contribution in [-0.2, 0) is 14.3 Å². The zero-order valence-corrected chi connectivity index (χ0v) is 22.9. The summed E-state index contributed by atoms with van der Waals surface area (Å²) in [4.78, 5) is 42.7. The Labute approximate surface area is 231 Å². The van der Waals surface area contributed by atoms with Crippen molar-refractivity contribution < 1.29 is 33.6 Å². The van der Waals surface area contributed by atoms with Crippen LogP contribution in [-0.4, -0.2) is 49.5 Å². The van der Waals surface area contributed by atoms with Crippen molar-refractivity contribution in [1.82, 2.24) is 4.57 Å². The molecule has 13 heteroatoms. The summed E-state index contributed by atoms with van der Waals surface area (Å²) in [6.45, 7) is 1.29. The zero-order chi connectivity index (χ0) is 28.4. The molecule has 1 aliphatic heterocycles. The highest BCUT2D eigenvalue weighted by molar-refractivity contribution is 7.07. The Morgan fingerprint density at radius 2 is 1.87 bits per heavy atom. The molecular formula is C26H24ClN3O8S. The van der Waals surface area contributed by atoms with Gasteiger partial charge in [-0.15, -0.1) is 0 Å². The van der Waals surface area contributed by atoms with Gasteiger partial charge in [0.2, 0.25) is 0 Å². The number of benzene rings is 2. The molecule has 2 aromatic carbocycles. The van der Waals surface area contributed by atoms with Crippen LogP contribution in [0.1, 0.15) is 24.1 Å². The third-order valence-corrected chi connectivity index (χ3v) is 7.14. The Kier molecular flexibility index (Phi) is 7.98. The predicted molar refractivity (Wildman–Crippen MR) is 143 cm³/mol. The third-order valence-electron chi connectivity index (χ3n) is 5.87. The number of halogens is 1. The lowest BCUT2D eigenvalue weighted by atomic mass is 9.95. The Morgan fingerprint density at radius 1 is 1.15 bits per heavy atom. The molecular weight excluding hydrogens is 550 g/mol. The molecule has 0 fully saturated rings. The van der Waals surface area contributed by atoms with E-state index >= 15 is 0 Å². The van der Waals surface area contributed by atoms with Gasteiger partial charge in [-0.1, -0.05) is 29.0 Å². The van der Waals surface area contributed by atoms with Gasteiger partial charge in [-0.2, -0.15) is 0 Å². The molecule has 2 heterocycles. The molecule has 4 rings (SSSR count). The van der Waals surface area contributed by atoms with Gasteiger partial charge in [0.1, 0.15) is 0 Å². The van der Waals surface area contributed by atoms with E-state index in [-0.39, 0.29) is 34.5 Å². The maximum Gasteiger partial charge on any atom is 0.338 e. The first-order chi connectivity index (χ1) is 18.6. The van der Waals surface area contributed by atoms with Crippen molar-refractivity contribution in [3.8, 4) is 23.0 Å². The van der Waals surface area contributed by atoms with Crippen LogP contribution in [0.5, 0.6) is 23.0 Å². The van der Waals surface area contributed by atoms with Crippen LogP contribution >= 0.6 is 22.9 Å². The second-order valence-electron chi connectivity index (χ2n) is 8.29. The van der Waals surface area contributed by atoms with E-state index in [1.807, 2.05) is 0 Å². The van der Waals surface area contributed by atoms with Gasteiger partial charge in [-0.05, 0) is 48.4 Å². The fraction of sp³-hybridized carbons (Fsp3) is 0.231. The molecule has 0 aliphatic carbocycles. The van der Waals surface area contributed by atoms with Crippen LogP contribution in [0, 0.1) is 0 Å². The van der Waals surface area contributed by atoms with Gasteiger partial charge in [0.05, 0.1) is 48.2 Å². The summed E-state index contributed by atoms with van der Waals surface area (Å²) in [5, 5.41) is 10.2. The summed E-state index contributed by atoms with van der Waals surface area (Å²) in [5.74, 6) is -0.884. The number of fused-ring (bicyclic) bond motifs is 1. The van der Waals surface area contributed by atoms with Crippen molar-refractivity contribution in [3.63, 3.8) is 0 Å². The molecule has 0 saturated heterocycles. The fourth-order valence-electron chi connectivity index (χ4n) is 4.11. The van der Waals surface area contributed by atoms with E-state index in [2.05, 4.69) is 4.99 Å². The molecule has 39 heavy (non-hydrogen) atoms. The van der Waals surface area contributed by atoms with E-state index in [0.29, 0.717) is 31.9 Å². The van der Waals surface area contributed by atoms with Crippen molar-refractivity contribution in [1.29, 1.82) is 0 Å². The Balaban J connectivity index is 1.93. The standard InChI is InChI=1S/C26H24ClN3O8S/c1-12-21(25(34)37-4)22(14-9-15(27)23(32)18(10-14)36-3)30-24(33)19(39-26(30)29-12)8-13-5-6-16(35-2)17(7-13)38-11-20(28)31/h5-10,22,32H,11H2,1-4H3,(H2,28,31)/b19-8-. The normalized spacial score (nSPS) is 14.9. The summed E-state index contributed by atoms with van der Waals surface area (Å²) in [7, 11) is 4.05. The summed E-state index contributed by atoms with van der Waals surface area (Å²) in [6, 6.07) is 6.93. The van der Waals surface area contributed by atoms with Crippen LogP contribution in [0.3, 0.4) is 0 Å². The minimum absolute atomic E-state index is 0.0212. The number of aromatic hydroxyl groups is 1. The lowest BCUT2D eigenvalue weighted by Crippen LogP contribution is -2.39. The maximum atomic E-state index is 13.8. The molecule has 204 valence electrons. The zero-order valence-electron chi connectivity index (χ0n) is 21.3. The number of ether oxygens (including phenoxy) is 4. The van der Waals surface area contributed by atoms with E-state index in [4.69, 9.17) is 36.3 Å². The quantitative estimate of drug-likeness (QED) is 0.386. The van der Waals surface area contributed by atoms with E-state index in [1.165, 1.54) is 38.0 Å². The fourth-order valence-corrected chi connectivity index (χ4v) is 5.38. The van der Waals surface area contributed by atoms with Gasteiger partial charge in [0, 0.05) is 0 Å². The van der Waals surface area contributed by atoms with Crippen molar-refractivity contribution in [2.45, 2.75) is 13.0 Å². The van der Waals surface area contributed by atoms with Crippen molar-refractivity contribution in [2.24, 2.45) is 10.7 Å². The summed E-state index contributed by atoms with van der Waals surface area (Å²) >= 11 is 7.36. The molecule has 1 unspecified atom stereocenters. The first-order valence-electron chi connectivity index (χ1n) is 11.4.